The van der Waals surface area contributed by atoms with Crippen LogP contribution in [0.15, 0.2) is 18.2 Å². The molecular weight excluding hydrogens is 279 g/mol. The summed E-state index contributed by atoms with van der Waals surface area (Å²) < 4.78 is 12.1. The van der Waals surface area contributed by atoms with E-state index in [4.69, 9.17) is 9.31 Å². The van der Waals surface area contributed by atoms with Crippen molar-refractivity contribution in [2.45, 2.75) is 59.2 Å². The maximum atomic E-state index is 11.4. The van der Waals surface area contributed by atoms with E-state index in [1.165, 1.54) is 0 Å². The summed E-state index contributed by atoms with van der Waals surface area (Å²) in [4.78, 5) is 11.4. The van der Waals surface area contributed by atoms with Crippen LogP contribution in [0.1, 0.15) is 57.5 Å². The molecule has 1 N–H and O–H groups in total. The second kappa shape index (κ2) is 5.71. The molecule has 1 heterocycles. The first-order valence-electron chi connectivity index (χ1n) is 7.75. The third kappa shape index (κ3) is 3.20. The van der Waals surface area contributed by atoms with Gasteiger partial charge in [0.05, 0.1) is 16.8 Å². The molecule has 0 radical (unpaired) electrons. The van der Waals surface area contributed by atoms with Gasteiger partial charge >= 0.3 is 13.1 Å². The van der Waals surface area contributed by atoms with Crippen LogP contribution in [0.5, 0.6) is 0 Å². The number of hydrogen-bond donors (Lipinski definition) is 1. The van der Waals surface area contributed by atoms with Gasteiger partial charge in [0.25, 0.3) is 0 Å². The standard InChI is InChI=1S/C17H25BO4/c1-11(2)9-12-10-13(7-8-14(12)15(19)20)18-21-16(3,4)17(5,6)22-18/h7-8,10-11H,9H2,1-6H3,(H,19,20). The van der Waals surface area contributed by atoms with Crippen LogP contribution in [-0.4, -0.2) is 29.4 Å². The van der Waals surface area contributed by atoms with Crippen molar-refractivity contribution in [2.75, 3.05) is 0 Å². The molecule has 0 saturated carbocycles. The Morgan fingerprint density at radius 3 is 2.18 bits per heavy atom. The topological polar surface area (TPSA) is 55.8 Å². The van der Waals surface area contributed by atoms with Gasteiger partial charge in [0, 0.05) is 0 Å². The van der Waals surface area contributed by atoms with Crippen LogP contribution in [0.2, 0.25) is 0 Å². The van der Waals surface area contributed by atoms with Crippen LogP contribution in [0.4, 0.5) is 0 Å². The normalized spacial score (nSPS) is 19.7. The Bertz CT molecular complexity index is 562. The van der Waals surface area contributed by atoms with Gasteiger partial charge in [-0.25, -0.2) is 4.79 Å². The molecular formula is C17H25BO4. The lowest BCUT2D eigenvalue weighted by molar-refractivity contribution is 0.00578. The first kappa shape index (κ1) is 17.0. The Labute approximate surface area is 133 Å². The van der Waals surface area contributed by atoms with E-state index in [1.807, 2.05) is 33.8 Å². The van der Waals surface area contributed by atoms with Crippen molar-refractivity contribution in [1.82, 2.24) is 0 Å². The van der Waals surface area contributed by atoms with Crippen molar-refractivity contribution in [3.05, 3.63) is 29.3 Å². The highest BCUT2D eigenvalue weighted by Crippen LogP contribution is 2.36. The molecule has 1 fully saturated rings. The summed E-state index contributed by atoms with van der Waals surface area (Å²) in [5, 5.41) is 9.34. The number of hydrogen-bond acceptors (Lipinski definition) is 3. The van der Waals surface area contributed by atoms with Crippen LogP contribution >= 0.6 is 0 Å². The number of carboxylic acids is 1. The molecule has 0 aliphatic carbocycles. The van der Waals surface area contributed by atoms with Crippen molar-refractivity contribution in [3.63, 3.8) is 0 Å². The smallest absolute Gasteiger partial charge is 0.478 e. The number of rotatable bonds is 4. The molecule has 1 aromatic carbocycles. The van der Waals surface area contributed by atoms with E-state index < -0.39 is 24.3 Å². The van der Waals surface area contributed by atoms with Crippen LogP contribution in [-0.2, 0) is 15.7 Å². The highest BCUT2D eigenvalue weighted by Gasteiger charge is 2.51. The zero-order valence-corrected chi connectivity index (χ0v) is 14.3. The van der Waals surface area contributed by atoms with Gasteiger partial charge in [-0.05, 0) is 57.1 Å². The van der Waals surface area contributed by atoms with Gasteiger partial charge in [0.15, 0.2) is 0 Å². The van der Waals surface area contributed by atoms with Crippen molar-refractivity contribution < 1.29 is 19.2 Å². The first-order valence-corrected chi connectivity index (χ1v) is 7.75. The van der Waals surface area contributed by atoms with Gasteiger partial charge in [-0.15, -0.1) is 0 Å². The maximum absolute atomic E-state index is 11.4. The molecule has 4 nitrogen and oxygen atoms in total. The lowest BCUT2D eigenvalue weighted by atomic mass is 9.77. The average molecular weight is 304 g/mol. The van der Waals surface area contributed by atoms with Gasteiger partial charge < -0.3 is 14.4 Å². The number of carboxylic acid groups (broad SMARTS) is 1. The summed E-state index contributed by atoms with van der Waals surface area (Å²) in [6.07, 6.45) is 0.717. The Hall–Kier alpha value is -1.33. The minimum Gasteiger partial charge on any atom is -0.478 e. The SMILES string of the molecule is CC(C)Cc1cc(B2OC(C)(C)C(C)(C)O2)ccc1C(=O)O. The first-order chi connectivity index (χ1) is 10.0. The molecule has 0 spiro atoms. The largest absolute Gasteiger partial charge is 0.494 e. The third-order valence-corrected chi connectivity index (χ3v) is 4.51. The highest BCUT2D eigenvalue weighted by molar-refractivity contribution is 6.62. The molecule has 2 rings (SSSR count). The molecule has 5 heteroatoms. The van der Waals surface area contributed by atoms with Crippen LogP contribution in [0.3, 0.4) is 0 Å². The molecule has 1 aliphatic heterocycles. The van der Waals surface area contributed by atoms with E-state index in [1.54, 1.807) is 12.1 Å². The maximum Gasteiger partial charge on any atom is 0.494 e. The molecule has 0 bridgehead atoms. The van der Waals surface area contributed by atoms with Gasteiger partial charge in [-0.1, -0.05) is 26.0 Å². The third-order valence-electron chi connectivity index (χ3n) is 4.51. The van der Waals surface area contributed by atoms with Gasteiger partial charge in [-0.2, -0.15) is 0 Å². The Morgan fingerprint density at radius 2 is 1.73 bits per heavy atom. The van der Waals surface area contributed by atoms with Crippen LogP contribution < -0.4 is 5.46 Å². The second-order valence-corrected chi connectivity index (χ2v) is 7.41. The predicted molar refractivity (Wildman–Crippen MR) is 87.7 cm³/mol. The summed E-state index contributed by atoms with van der Waals surface area (Å²) >= 11 is 0. The molecule has 0 atom stereocenters. The molecule has 0 amide bonds. The molecule has 22 heavy (non-hydrogen) atoms. The van der Waals surface area contributed by atoms with Crippen molar-refractivity contribution in [3.8, 4) is 0 Å². The van der Waals surface area contributed by atoms with Crippen LogP contribution in [0.25, 0.3) is 0 Å². The van der Waals surface area contributed by atoms with E-state index in [-0.39, 0.29) is 0 Å². The van der Waals surface area contributed by atoms with E-state index in [9.17, 15) is 9.90 Å². The van der Waals surface area contributed by atoms with Crippen LogP contribution in [0, 0.1) is 5.92 Å². The summed E-state index contributed by atoms with van der Waals surface area (Å²) in [6, 6.07) is 5.35. The zero-order valence-electron chi connectivity index (χ0n) is 14.3. The summed E-state index contributed by atoms with van der Waals surface area (Å²) in [7, 11) is -0.459. The number of aromatic carboxylic acids is 1. The second-order valence-electron chi connectivity index (χ2n) is 7.41. The zero-order chi connectivity index (χ0) is 16.7. The van der Waals surface area contributed by atoms with E-state index >= 15 is 0 Å². The summed E-state index contributed by atoms with van der Waals surface area (Å²) in [5.74, 6) is -0.511. The van der Waals surface area contributed by atoms with Gasteiger partial charge in [0.2, 0.25) is 0 Å². The minimum absolute atomic E-state index is 0.356. The molecule has 1 aliphatic rings. The lowest BCUT2D eigenvalue weighted by Crippen LogP contribution is -2.41. The van der Waals surface area contributed by atoms with E-state index in [2.05, 4.69) is 13.8 Å². The van der Waals surface area contributed by atoms with E-state index in [0.717, 1.165) is 17.4 Å². The molecule has 1 saturated heterocycles. The van der Waals surface area contributed by atoms with Gasteiger partial charge in [-0.3, -0.25) is 0 Å². The van der Waals surface area contributed by atoms with Gasteiger partial charge in [0.1, 0.15) is 0 Å². The molecule has 0 aromatic heterocycles. The summed E-state index contributed by atoms with van der Waals surface area (Å²) in [6.45, 7) is 12.2. The summed E-state index contributed by atoms with van der Waals surface area (Å²) in [5.41, 5.74) is 1.26. The van der Waals surface area contributed by atoms with E-state index in [0.29, 0.717) is 11.5 Å². The van der Waals surface area contributed by atoms with Crippen molar-refractivity contribution in [2.24, 2.45) is 5.92 Å². The lowest BCUT2D eigenvalue weighted by Gasteiger charge is -2.32. The molecule has 0 unspecified atom stereocenters. The molecule has 1 aromatic rings. The van der Waals surface area contributed by atoms with Crippen molar-refractivity contribution in [1.29, 1.82) is 0 Å². The predicted octanol–water partition coefficient (Wildman–Crippen LogP) is 2.88. The Morgan fingerprint density at radius 1 is 1.18 bits per heavy atom. The fourth-order valence-electron chi connectivity index (χ4n) is 2.56. The average Bonchev–Trinajstić information content (AvgIpc) is 2.57. The number of benzene rings is 1. The Kier molecular flexibility index (Phi) is 4.42. The van der Waals surface area contributed by atoms with Crippen molar-refractivity contribution >= 4 is 18.6 Å². The Balaban J connectivity index is 2.36. The fourth-order valence-corrected chi connectivity index (χ4v) is 2.56. The quantitative estimate of drug-likeness (QED) is 0.869. The number of carbonyl (C=O) groups is 1. The highest BCUT2D eigenvalue weighted by atomic mass is 16.7. The fraction of sp³-hybridized carbons (Fsp3) is 0.588. The monoisotopic (exact) mass is 304 g/mol. The minimum atomic E-state index is -0.892. The molecule has 120 valence electrons.